The first-order valence-electron chi connectivity index (χ1n) is 9.51. The number of hydrogen-bond donors (Lipinski definition) is 0. The molecule has 10 heteroatoms. The largest absolute Gasteiger partial charge is 0.479 e. The Balaban J connectivity index is 1.68. The summed E-state index contributed by atoms with van der Waals surface area (Å²) in [6.45, 7) is 1.34. The highest BCUT2D eigenvalue weighted by atomic mass is 79.9. The Kier molecular flexibility index (Phi) is 8.34. The quantitative estimate of drug-likeness (QED) is 0.475. The molecule has 1 aromatic carbocycles. The predicted octanol–water partition coefficient (Wildman–Crippen LogP) is 4.37. The molecule has 3 rings (SSSR count). The molecule has 1 aliphatic rings. The van der Waals surface area contributed by atoms with E-state index in [1.54, 1.807) is 0 Å². The van der Waals surface area contributed by atoms with E-state index < -0.39 is 17.7 Å². The molecule has 0 amide bonds. The van der Waals surface area contributed by atoms with Crippen LogP contribution < -0.4 is 4.74 Å². The van der Waals surface area contributed by atoms with Gasteiger partial charge in [0.25, 0.3) is 0 Å². The summed E-state index contributed by atoms with van der Waals surface area (Å²) in [6, 6.07) is 3.19. The van der Waals surface area contributed by atoms with Crippen LogP contribution >= 0.6 is 15.9 Å². The van der Waals surface area contributed by atoms with Gasteiger partial charge in [-0.25, -0.2) is 18.4 Å². The summed E-state index contributed by atoms with van der Waals surface area (Å²) >= 11 is 3.25. The topological polar surface area (TPSA) is 67.6 Å². The average molecular weight is 476 g/mol. The van der Waals surface area contributed by atoms with E-state index in [1.165, 1.54) is 17.9 Å². The van der Waals surface area contributed by atoms with Crippen molar-refractivity contribution in [3.63, 3.8) is 0 Å². The molecule has 1 fully saturated rings. The second kappa shape index (κ2) is 11.0. The SMILES string of the molecule is COCn1nc(Br)nc1C(CCCOC1CCCCO1)Oc1ccc(F)cc1F. The van der Waals surface area contributed by atoms with Gasteiger partial charge in [-0.3, -0.25) is 0 Å². The first-order chi connectivity index (χ1) is 14.1. The van der Waals surface area contributed by atoms with Crippen LogP contribution in [0.2, 0.25) is 0 Å². The number of benzene rings is 1. The maximum atomic E-state index is 14.1. The van der Waals surface area contributed by atoms with Crippen molar-refractivity contribution in [3.05, 3.63) is 40.4 Å². The Morgan fingerprint density at radius 1 is 1.34 bits per heavy atom. The van der Waals surface area contributed by atoms with Crippen LogP contribution in [0, 0.1) is 11.6 Å². The van der Waals surface area contributed by atoms with E-state index >= 15 is 0 Å². The highest BCUT2D eigenvalue weighted by Crippen LogP contribution is 2.28. The molecule has 2 heterocycles. The Bertz CT molecular complexity index is 787. The maximum Gasteiger partial charge on any atom is 0.217 e. The lowest BCUT2D eigenvalue weighted by Gasteiger charge is -2.23. The van der Waals surface area contributed by atoms with E-state index in [1.807, 2.05) is 0 Å². The van der Waals surface area contributed by atoms with Crippen LogP contribution in [0.4, 0.5) is 8.78 Å². The Morgan fingerprint density at radius 3 is 2.93 bits per heavy atom. The van der Waals surface area contributed by atoms with Gasteiger partial charge in [0.2, 0.25) is 4.73 Å². The van der Waals surface area contributed by atoms with Crippen molar-refractivity contribution in [3.8, 4) is 5.75 Å². The lowest BCUT2D eigenvalue weighted by atomic mass is 10.2. The minimum Gasteiger partial charge on any atom is -0.479 e. The number of rotatable bonds is 10. The van der Waals surface area contributed by atoms with Gasteiger partial charge in [0.1, 0.15) is 12.5 Å². The minimum atomic E-state index is -0.779. The number of halogens is 3. The van der Waals surface area contributed by atoms with Crippen molar-refractivity contribution in [1.29, 1.82) is 0 Å². The summed E-state index contributed by atoms with van der Waals surface area (Å²) in [4.78, 5) is 4.34. The molecule has 2 unspecified atom stereocenters. The van der Waals surface area contributed by atoms with Gasteiger partial charge >= 0.3 is 0 Å². The molecule has 1 aromatic heterocycles. The van der Waals surface area contributed by atoms with Crippen LogP contribution in [0.25, 0.3) is 0 Å². The second-order valence-corrected chi connectivity index (χ2v) is 7.36. The van der Waals surface area contributed by atoms with E-state index in [0.717, 1.165) is 31.4 Å². The van der Waals surface area contributed by atoms with Crippen LogP contribution in [0.1, 0.15) is 44.0 Å². The molecule has 0 spiro atoms. The van der Waals surface area contributed by atoms with E-state index in [4.69, 9.17) is 18.9 Å². The molecular formula is C19H24BrF2N3O4. The van der Waals surface area contributed by atoms with Gasteiger partial charge in [-0.15, -0.1) is 5.10 Å². The van der Waals surface area contributed by atoms with Crippen molar-refractivity contribution in [2.75, 3.05) is 20.3 Å². The molecule has 0 saturated carbocycles. The Morgan fingerprint density at radius 2 is 2.21 bits per heavy atom. The molecular weight excluding hydrogens is 452 g/mol. The zero-order chi connectivity index (χ0) is 20.6. The normalized spacial score (nSPS) is 18.0. The standard InChI is InChI=1S/C19H24BrF2N3O4/c1-26-12-25-18(23-19(20)24-25)16(29-15-8-7-13(21)11-14(15)22)5-4-10-28-17-6-2-3-9-27-17/h7-8,11,16-17H,2-6,9-10,12H2,1H3. The average Bonchev–Trinajstić information content (AvgIpc) is 3.07. The highest BCUT2D eigenvalue weighted by molar-refractivity contribution is 9.10. The maximum absolute atomic E-state index is 14.1. The Labute approximate surface area is 176 Å². The lowest BCUT2D eigenvalue weighted by molar-refractivity contribution is -0.163. The summed E-state index contributed by atoms with van der Waals surface area (Å²) in [6.07, 6.45) is 3.35. The summed E-state index contributed by atoms with van der Waals surface area (Å²) in [5, 5.41) is 4.21. The van der Waals surface area contributed by atoms with Crippen molar-refractivity contribution in [2.24, 2.45) is 0 Å². The van der Waals surface area contributed by atoms with Crippen molar-refractivity contribution >= 4 is 15.9 Å². The molecule has 1 aliphatic heterocycles. The van der Waals surface area contributed by atoms with Gasteiger partial charge in [-0.05, 0) is 60.2 Å². The Hall–Kier alpha value is -1.62. The molecule has 2 atom stereocenters. The fraction of sp³-hybridized carbons (Fsp3) is 0.579. The fourth-order valence-electron chi connectivity index (χ4n) is 3.07. The highest BCUT2D eigenvalue weighted by Gasteiger charge is 2.23. The molecule has 2 aromatic rings. The van der Waals surface area contributed by atoms with E-state index in [2.05, 4.69) is 26.0 Å². The van der Waals surface area contributed by atoms with Crippen LogP contribution in [0.5, 0.6) is 5.75 Å². The van der Waals surface area contributed by atoms with Crippen LogP contribution in [-0.4, -0.2) is 41.4 Å². The molecule has 7 nitrogen and oxygen atoms in total. The summed E-state index contributed by atoms with van der Waals surface area (Å²) in [5.41, 5.74) is 0. The number of hydrogen-bond acceptors (Lipinski definition) is 6. The minimum absolute atomic E-state index is 0.0592. The van der Waals surface area contributed by atoms with E-state index in [9.17, 15) is 8.78 Å². The predicted molar refractivity (Wildman–Crippen MR) is 103 cm³/mol. The molecule has 160 valence electrons. The third-order valence-corrected chi connectivity index (χ3v) is 4.77. The fourth-order valence-corrected chi connectivity index (χ4v) is 3.44. The van der Waals surface area contributed by atoms with Crippen LogP contribution in [0.15, 0.2) is 22.9 Å². The lowest BCUT2D eigenvalue weighted by Crippen LogP contribution is -2.23. The van der Waals surface area contributed by atoms with Gasteiger partial charge in [-0.2, -0.15) is 0 Å². The van der Waals surface area contributed by atoms with Gasteiger partial charge in [-0.1, -0.05) is 0 Å². The molecule has 0 radical (unpaired) electrons. The van der Waals surface area contributed by atoms with Gasteiger partial charge in [0, 0.05) is 26.4 Å². The van der Waals surface area contributed by atoms with Crippen molar-refractivity contribution < 1.29 is 27.7 Å². The molecule has 29 heavy (non-hydrogen) atoms. The van der Waals surface area contributed by atoms with Crippen molar-refractivity contribution in [1.82, 2.24) is 14.8 Å². The molecule has 0 bridgehead atoms. The second-order valence-electron chi connectivity index (χ2n) is 6.65. The smallest absolute Gasteiger partial charge is 0.217 e. The van der Waals surface area contributed by atoms with Gasteiger partial charge in [0.15, 0.2) is 29.8 Å². The van der Waals surface area contributed by atoms with Crippen LogP contribution in [-0.2, 0) is 20.9 Å². The third-order valence-electron chi connectivity index (χ3n) is 4.43. The molecule has 0 aliphatic carbocycles. The van der Waals surface area contributed by atoms with Crippen molar-refractivity contribution in [2.45, 2.75) is 51.2 Å². The monoisotopic (exact) mass is 475 g/mol. The number of nitrogens with zero attached hydrogens (tertiary/aromatic N) is 3. The molecule has 0 N–H and O–H groups in total. The number of ether oxygens (including phenoxy) is 4. The van der Waals surface area contributed by atoms with E-state index in [0.29, 0.717) is 36.6 Å². The number of methoxy groups -OCH3 is 1. The zero-order valence-corrected chi connectivity index (χ0v) is 17.7. The third kappa shape index (κ3) is 6.43. The zero-order valence-electron chi connectivity index (χ0n) is 16.2. The summed E-state index contributed by atoms with van der Waals surface area (Å²) in [5.74, 6) is -1.04. The summed E-state index contributed by atoms with van der Waals surface area (Å²) < 4.78 is 51.6. The summed E-state index contributed by atoms with van der Waals surface area (Å²) in [7, 11) is 1.53. The first kappa shape index (κ1) is 22.1. The van der Waals surface area contributed by atoms with E-state index in [-0.39, 0.29) is 18.8 Å². The van der Waals surface area contributed by atoms with Gasteiger partial charge < -0.3 is 18.9 Å². The van der Waals surface area contributed by atoms with Crippen LogP contribution in [0.3, 0.4) is 0 Å². The number of aromatic nitrogens is 3. The molecule has 1 saturated heterocycles. The first-order valence-corrected chi connectivity index (χ1v) is 10.3. The van der Waals surface area contributed by atoms with Gasteiger partial charge in [0.05, 0.1) is 0 Å².